The molecule has 0 aromatic heterocycles. The fraction of sp³-hybridized carbons (Fsp3) is 0.333. The molecular formula is C27H32N2O7. The second-order valence-corrected chi connectivity index (χ2v) is 8.36. The molecule has 2 amide bonds. The summed E-state index contributed by atoms with van der Waals surface area (Å²) < 4.78 is 10.7. The van der Waals surface area contributed by atoms with Crippen molar-refractivity contribution in [1.82, 2.24) is 10.6 Å². The van der Waals surface area contributed by atoms with E-state index >= 15 is 0 Å². The van der Waals surface area contributed by atoms with E-state index in [1.807, 2.05) is 66.7 Å². The minimum atomic E-state index is -1.46. The number of carbonyl (C=O) groups is 2. The largest absolute Gasteiger partial charge is 0.394 e. The highest BCUT2D eigenvalue weighted by Crippen LogP contribution is 2.22. The minimum Gasteiger partial charge on any atom is -0.394 e. The third-order valence-electron chi connectivity index (χ3n) is 5.78. The molecule has 0 radical (unpaired) electrons. The van der Waals surface area contributed by atoms with Gasteiger partial charge in [-0.1, -0.05) is 78.9 Å². The zero-order chi connectivity index (χ0) is 25.9. The second kappa shape index (κ2) is 13.7. The summed E-state index contributed by atoms with van der Waals surface area (Å²) in [5.74, 6) is -1.07. The number of aliphatic hydroxyl groups excluding tert-OH is 3. The van der Waals surface area contributed by atoms with Gasteiger partial charge in [-0.2, -0.15) is 0 Å². The van der Waals surface area contributed by atoms with Crippen molar-refractivity contribution in [2.75, 3.05) is 13.7 Å². The highest BCUT2D eigenvalue weighted by molar-refractivity contribution is 5.93. The van der Waals surface area contributed by atoms with Gasteiger partial charge in [-0.3, -0.25) is 9.59 Å². The van der Waals surface area contributed by atoms with Crippen LogP contribution in [0.4, 0.5) is 0 Å². The predicted molar refractivity (Wildman–Crippen MR) is 133 cm³/mol. The van der Waals surface area contributed by atoms with E-state index in [0.717, 1.165) is 11.1 Å². The normalized spacial score (nSPS) is 25.1. The SMILES string of the molecule is CO[C@@H]1O[C@H](CO)[C@@H](O)[C@H](O)[C@H]1NC(=O)[C@H](Cc1ccccc1)NC(=O)/C=C/C=C/c1ccccc1. The maximum atomic E-state index is 13.2. The van der Waals surface area contributed by atoms with E-state index in [4.69, 9.17) is 9.47 Å². The standard InChI is InChI=1S/C27H32N2O7/c1-35-27-23(25(33)24(32)21(17-30)36-27)29-26(34)20(16-19-13-6-3-7-14-19)28-22(31)15-9-8-12-18-10-4-2-5-11-18/h2-15,20-21,23-25,27,30,32-33H,16-17H2,1H3,(H,28,31)(H,29,34)/b12-8+,15-9+/t20-,21+,23+,24+,25+,27+/m0/s1. The van der Waals surface area contributed by atoms with Crippen LogP contribution < -0.4 is 10.6 Å². The highest BCUT2D eigenvalue weighted by Gasteiger charge is 2.45. The molecule has 36 heavy (non-hydrogen) atoms. The molecule has 9 heteroatoms. The number of methoxy groups -OCH3 is 1. The van der Waals surface area contributed by atoms with Gasteiger partial charge in [0.2, 0.25) is 11.8 Å². The van der Waals surface area contributed by atoms with Crippen LogP contribution in [0.5, 0.6) is 0 Å². The Balaban J connectivity index is 1.70. The Morgan fingerprint density at radius 1 is 1.03 bits per heavy atom. The summed E-state index contributed by atoms with van der Waals surface area (Å²) in [6.07, 6.45) is 1.58. The van der Waals surface area contributed by atoms with Gasteiger partial charge in [0.1, 0.15) is 30.4 Å². The predicted octanol–water partition coefficient (Wildman–Crippen LogP) is 0.554. The van der Waals surface area contributed by atoms with Crippen molar-refractivity contribution in [2.24, 2.45) is 0 Å². The first-order valence-electron chi connectivity index (χ1n) is 11.6. The number of allylic oxidation sites excluding steroid dienone is 2. The number of hydrogen-bond donors (Lipinski definition) is 5. The van der Waals surface area contributed by atoms with Gasteiger partial charge in [0.15, 0.2) is 6.29 Å². The zero-order valence-corrected chi connectivity index (χ0v) is 19.9. The maximum Gasteiger partial charge on any atom is 0.244 e. The third-order valence-corrected chi connectivity index (χ3v) is 5.78. The molecular weight excluding hydrogens is 464 g/mol. The summed E-state index contributed by atoms with van der Waals surface area (Å²) in [5, 5.41) is 35.5. The lowest BCUT2D eigenvalue weighted by molar-refractivity contribution is -0.262. The van der Waals surface area contributed by atoms with E-state index in [1.165, 1.54) is 13.2 Å². The van der Waals surface area contributed by atoms with E-state index in [1.54, 1.807) is 12.2 Å². The van der Waals surface area contributed by atoms with Gasteiger partial charge in [-0.15, -0.1) is 0 Å². The molecule has 0 aliphatic carbocycles. The van der Waals surface area contributed by atoms with Crippen LogP contribution in [-0.4, -0.2) is 77.5 Å². The molecule has 3 rings (SSSR count). The van der Waals surface area contributed by atoms with Crippen LogP contribution >= 0.6 is 0 Å². The van der Waals surface area contributed by atoms with Gasteiger partial charge >= 0.3 is 0 Å². The summed E-state index contributed by atoms with van der Waals surface area (Å²) in [6.45, 7) is -0.531. The number of hydrogen-bond acceptors (Lipinski definition) is 7. The number of rotatable bonds is 10. The van der Waals surface area contributed by atoms with Crippen LogP contribution in [0.1, 0.15) is 11.1 Å². The number of aliphatic hydroxyl groups is 3. The minimum absolute atomic E-state index is 0.190. The summed E-state index contributed by atoms with van der Waals surface area (Å²) in [5.41, 5.74) is 1.80. The Hall–Kier alpha value is -3.34. The third kappa shape index (κ3) is 7.58. The summed E-state index contributed by atoms with van der Waals surface area (Å²) in [4.78, 5) is 25.8. The molecule has 9 nitrogen and oxygen atoms in total. The lowest BCUT2D eigenvalue weighted by Gasteiger charge is -2.42. The lowest BCUT2D eigenvalue weighted by Crippen LogP contribution is -2.66. The average Bonchev–Trinajstić information content (AvgIpc) is 2.90. The summed E-state index contributed by atoms with van der Waals surface area (Å²) in [6, 6.07) is 16.6. The van der Waals surface area contributed by atoms with Gasteiger partial charge in [0.25, 0.3) is 0 Å². The van der Waals surface area contributed by atoms with Crippen molar-refractivity contribution in [3.8, 4) is 0 Å². The first-order chi connectivity index (χ1) is 17.4. The van der Waals surface area contributed by atoms with Crippen LogP contribution in [0.15, 0.2) is 78.9 Å². The molecule has 1 aliphatic rings. The van der Waals surface area contributed by atoms with Crippen LogP contribution in [0, 0.1) is 0 Å². The molecule has 2 aromatic carbocycles. The Bertz CT molecular complexity index is 1030. The van der Waals surface area contributed by atoms with Gasteiger partial charge in [0.05, 0.1) is 6.61 Å². The summed E-state index contributed by atoms with van der Waals surface area (Å²) >= 11 is 0. The van der Waals surface area contributed by atoms with Crippen LogP contribution in [0.3, 0.4) is 0 Å². The average molecular weight is 497 g/mol. The van der Waals surface area contributed by atoms with Crippen molar-refractivity contribution in [2.45, 2.75) is 43.1 Å². The van der Waals surface area contributed by atoms with Gasteiger partial charge in [-0.25, -0.2) is 0 Å². The molecule has 0 spiro atoms. The number of benzene rings is 2. The number of amides is 2. The van der Waals surface area contributed by atoms with Gasteiger partial charge in [0, 0.05) is 19.6 Å². The molecule has 1 aliphatic heterocycles. The Morgan fingerprint density at radius 2 is 1.69 bits per heavy atom. The molecule has 6 atom stereocenters. The van der Waals surface area contributed by atoms with Gasteiger partial charge < -0.3 is 35.4 Å². The number of ether oxygens (including phenoxy) is 2. The molecule has 192 valence electrons. The fourth-order valence-electron chi connectivity index (χ4n) is 3.85. The highest BCUT2D eigenvalue weighted by atomic mass is 16.7. The molecule has 2 aromatic rings. The smallest absolute Gasteiger partial charge is 0.244 e. The molecule has 1 heterocycles. The Labute approximate surface area is 210 Å². The molecule has 0 unspecified atom stereocenters. The maximum absolute atomic E-state index is 13.2. The lowest BCUT2D eigenvalue weighted by atomic mass is 9.96. The second-order valence-electron chi connectivity index (χ2n) is 8.36. The van der Waals surface area contributed by atoms with Gasteiger partial charge in [-0.05, 0) is 11.1 Å². The van der Waals surface area contributed by atoms with Crippen molar-refractivity contribution in [3.05, 3.63) is 90.0 Å². The van der Waals surface area contributed by atoms with Crippen LogP contribution in [0.2, 0.25) is 0 Å². The Kier molecular flexibility index (Phi) is 10.3. The quantitative estimate of drug-likeness (QED) is 0.239. The first-order valence-corrected chi connectivity index (χ1v) is 11.6. The monoisotopic (exact) mass is 496 g/mol. The van der Waals surface area contributed by atoms with E-state index in [-0.39, 0.29) is 6.42 Å². The van der Waals surface area contributed by atoms with Crippen molar-refractivity contribution in [1.29, 1.82) is 0 Å². The topological polar surface area (TPSA) is 137 Å². The van der Waals surface area contributed by atoms with Crippen LogP contribution in [-0.2, 0) is 25.5 Å². The molecule has 0 saturated carbocycles. The molecule has 1 saturated heterocycles. The van der Waals surface area contributed by atoms with Crippen LogP contribution in [0.25, 0.3) is 6.08 Å². The fourth-order valence-corrected chi connectivity index (χ4v) is 3.85. The van der Waals surface area contributed by atoms with Crippen molar-refractivity contribution in [3.63, 3.8) is 0 Å². The summed E-state index contributed by atoms with van der Waals surface area (Å²) in [7, 11) is 1.32. The molecule has 0 bridgehead atoms. The molecule has 1 fully saturated rings. The van der Waals surface area contributed by atoms with Crippen molar-refractivity contribution >= 4 is 17.9 Å². The van der Waals surface area contributed by atoms with Crippen molar-refractivity contribution < 1.29 is 34.4 Å². The Morgan fingerprint density at radius 3 is 2.33 bits per heavy atom. The zero-order valence-electron chi connectivity index (χ0n) is 19.9. The van der Waals surface area contributed by atoms with E-state index in [2.05, 4.69) is 10.6 Å². The van der Waals surface area contributed by atoms with E-state index < -0.39 is 55.1 Å². The number of carbonyl (C=O) groups excluding carboxylic acids is 2. The number of nitrogens with one attached hydrogen (secondary N) is 2. The molecule has 5 N–H and O–H groups in total. The van der Waals surface area contributed by atoms with E-state index in [0.29, 0.717) is 0 Å². The van der Waals surface area contributed by atoms with E-state index in [9.17, 15) is 24.9 Å². The first kappa shape index (κ1) is 27.3.